The van der Waals surface area contributed by atoms with Gasteiger partial charge in [-0.3, -0.25) is 9.59 Å². The summed E-state index contributed by atoms with van der Waals surface area (Å²) < 4.78 is 32.6. The first kappa shape index (κ1) is 21.2. The van der Waals surface area contributed by atoms with Gasteiger partial charge in [0.15, 0.2) is 0 Å². The van der Waals surface area contributed by atoms with Gasteiger partial charge in [0, 0.05) is 46.1 Å². The molecule has 0 radical (unpaired) electrons. The van der Waals surface area contributed by atoms with Crippen molar-refractivity contribution >= 4 is 21.8 Å². The van der Waals surface area contributed by atoms with E-state index < -0.39 is 10.0 Å². The summed E-state index contributed by atoms with van der Waals surface area (Å²) in [6.07, 6.45) is 0.0855. The molecule has 1 aliphatic heterocycles. The lowest BCUT2D eigenvalue weighted by atomic mass is 10.3. The summed E-state index contributed by atoms with van der Waals surface area (Å²) in [7, 11) is -3.68. The molecule has 0 saturated carbocycles. The summed E-state index contributed by atoms with van der Waals surface area (Å²) in [4.78, 5) is 27.0. The number of carbonyl (C=O) groups is 2. The molecule has 0 aromatic heterocycles. The summed E-state index contributed by atoms with van der Waals surface area (Å²) in [5.41, 5.74) is 0. The summed E-state index contributed by atoms with van der Waals surface area (Å²) >= 11 is 0. The number of benzene rings is 1. The van der Waals surface area contributed by atoms with Crippen LogP contribution in [0.3, 0.4) is 0 Å². The Morgan fingerprint density at radius 2 is 1.63 bits per heavy atom. The van der Waals surface area contributed by atoms with Crippen molar-refractivity contribution in [1.29, 1.82) is 0 Å². The topological polar surface area (TPSA) is 96.0 Å². The van der Waals surface area contributed by atoms with Crippen LogP contribution in [0.25, 0.3) is 0 Å². The van der Waals surface area contributed by atoms with Crippen LogP contribution in [0.2, 0.25) is 0 Å². The smallest absolute Gasteiger partial charge is 0.240 e. The average Bonchev–Trinajstić information content (AvgIpc) is 2.61. The molecule has 0 atom stereocenters. The van der Waals surface area contributed by atoms with E-state index in [-0.39, 0.29) is 35.8 Å². The van der Waals surface area contributed by atoms with Crippen molar-refractivity contribution in [3.63, 3.8) is 0 Å². The van der Waals surface area contributed by atoms with Gasteiger partial charge < -0.3 is 14.5 Å². The number of ether oxygens (including phenoxy) is 1. The highest BCUT2D eigenvalue weighted by atomic mass is 32.2. The normalized spacial score (nSPS) is 15.1. The van der Waals surface area contributed by atoms with Gasteiger partial charge in [0.25, 0.3) is 0 Å². The van der Waals surface area contributed by atoms with Gasteiger partial charge in [-0.1, -0.05) is 0 Å². The van der Waals surface area contributed by atoms with E-state index in [1.54, 1.807) is 21.9 Å². The summed E-state index contributed by atoms with van der Waals surface area (Å²) in [6.45, 7) is 7.29. The Labute approximate surface area is 160 Å². The van der Waals surface area contributed by atoms with Gasteiger partial charge in [-0.25, -0.2) is 13.1 Å². The van der Waals surface area contributed by atoms with E-state index in [0.29, 0.717) is 31.9 Å². The first-order valence-electron chi connectivity index (χ1n) is 8.98. The second-order valence-electron chi connectivity index (χ2n) is 6.67. The predicted molar refractivity (Wildman–Crippen MR) is 101 cm³/mol. The Morgan fingerprint density at radius 3 is 2.15 bits per heavy atom. The number of carbonyl (C=O) groups excluding carboxylic acids is 2. The van der Waals surface area contributed by atoms with E-state index in [1.807, 2.05) is 13.8 Å². The molecule has 0 spiro atoms. The minimum Gasteiger partial charge on any atom is -0.491 e. The SMILES string of the molecule is CC(=O)N1CCN(C(=O)CCNS(=O)(=O)c2ccc(OC(C)C)cc2)CC1. The largest absolute Gasteiger partial charge is 0.491 e. The lowest BCUT2D eigenvalue weighted by molar-refractivity contribution is -0.138. The molecule has 0 unspecified atom stereocenters. The van der Waals surface area contributed by atoms with Crippen LogP contribution in [-0.4, -0.2) is 68.9 Å². The van der Waals surface area contributed by atoms with Gasteiger partial charge in [0.05, 0.1) is 11.0 Å². The van der Waals surface area contributed by atoms with Crippen LogP contribution in [0.5, 0.6) is 5.75 Å². The number of hydrogen-bond acceptors (Lipinski definition) is 5. The van der Waals surface area contributed by atoms with Gasteiger partial charge in [-0.15, -0.1) is 0 Å². The molecular weight excluding hydrogens is 370 g/mol. The zero-order valence-electron chi connectivity index (χ0n) is 16.0. The number of nitrogens with zero attached hydrogens (tertiary/aromatic N) is 2. The maximum atomic E-state index is 12.3. The minimum atomic E-state index is -3.68. The van der Waals surface area contributed by atoms with Crippen molar-refractivity contribution in [3.05, 3.63) is 24.3 Å². The standard InChI is InChI=1S/C18H27N3O5S/c1-14(2)26-16-4-6-17(7-5-16)27(24,25)19-9-8-18(23)21-12-10-20(11-13-21)15(3)22/h4-7,14,19H,8-13H2,1-3H3. The van der Waals surface area contributed by atoms with Gasteiger partial charge in [-0.05, 0) is 38.1 Å². The van der Waals surface area contributed by atoms with Crippen molar-refractivity contribution in [3.8, 4) is 5.75 Å². The third-order valence-corrected chi connectivity index (χ3v) is 5.69. The number of amides is 2. The number of rotatable bonds is 7. The Bertz CT molecular complexity index is 754. The van der Waals surface area contributed by atoms with Crippen molar-refractivity contribution in [2.24, 2.45) is 0 Å². The van der Waals surface area contributed by atoms with E-state index >= 15 is 0 Å². The van der Waals surface area contributed by atoms with Gasteiger partial charge in [0.1, 0.15) is 5.75 Å². The van der Waals surface area contributed by atoms with E-state index in [9.17, 15) is 18.0 Å². The molecule has 9 heteroatoms. The average molecular weight is 397 g/mol. The maximum Gasteiger partial charge on any atom is 0.240 e. The van der Waals surface area contributed by atoms with Gasteiger partial charge >= 0.3 is 0 Å². The second kappa shape index (κ2) is 9.18. The zero-order chi connectivity index (χ0) is 20.0. The van der Waals surface area contributed by atoms with E-state index in [4.69, 9.17) is 4.74 Å². The first-order valence-corrected chi connectivity index (χ1v) is 10.5. The highest BCUT2D eigenvalue weighted by Gasteiger charge is 2.22. The quantitative estimate of drug-likeness (QED) is 0.735. The molecule has 8 nitrogen and oxygen atoms in total. The zero-order valence-corrected chi connectivity index (χ0v) is 16.8. The monoisotopic (exact) mass is 397 g/mol. The lowest BCUT2D eigenvalue weighted by Gasteiger charge is -2.34. The first-order chi connectivity index (χ1) is 12.7. The molecule has 2 amide bonds. The van der Waals surface area contributed by atoms with E-state index in [2.05, 4.69) is 4.72 Å². The highest BCUT2D eigenvalue weighted by Crippen LogP contribution is 2.17. The molecule has 1 aliphatic rings. The Hall–Kier alpha value is -2.13. The third-order valence-electron chi connectivity index (χ3n) is 4.21. The van der Waals surface area contributed by atoms with Gasteiger partial charge in [0.2, 0.25) is 21.8 Å². The molecule has 1 saturated heterocycles. The van der Waals surface area contributed by atoms with Crippen LogP contribution in [0.4, 0.5) is 0 Å². The Kier molecular flexibility index (Phi) is 7.20. The highest BCUT2D eigenvalue weighted by molar-refractivity contribution is 7.89. The predicted octanol–water partition coefficient (Wildman–Crippen LogP) is 0.833. The number of sulfonamides is 1. The molecule has 1 N–H and O–H groups in total. The van der Waals surface area contributed by atoms with Crippen LogP contribution in [-0.2, 0) is 19.6 Å². The van der Waals surface area contributed by atoms with Crippen molar-refractivity contribution in [1.82, 2.24) is 14.5 Å². The molecular formula is C18H27N3O5S. The van der Waals surface area contributed by atoms with Crippen molar-refractivity contribution in [2.45, 2.75) is 38.2 Å². The maximum absolute atomic E-state index is 12.3. The molecule has 1 aromatic carbocycles. The van der Waals surface area contributed by atoms with Crippen molar-refractivity contribution < 1.29 is 22.7 Å². The second-order valence-corrected chi connectivity index (χ2v) is 8.44. The molecule has 2 rings (SSSR count). The molecule has 1 aromatic rings. The molecule has 150 valence electrons. The summed E-state index contributed by atoms with van der Waals surface area (Å²) in [5, 5.41) is 0. The van der Waals surface area contributed by atoms with Crippen molar-refractivity contribution in [2.75, 3.05) is 32.7 Å². The molecule has 1 heterocycles. The lowest BCUT2D eigenvalue weighted by Crippen LogP contribution is -2.50. The molecule has 0 aliphatic carbocycles. The van der Waals surface area contributed by atoms with Crippen LogP contribution in [0, 0.1) is 0 Å². The Morgan fingerprint density at radius 1 is 1.07 bits per heavy atom. The summed E-state index contributed by atoms with van der Waals surface area (Å²) in [6, 6.07) is 6.16. The van der Waals surface area contributed by atoms with E-state index in [1.165, 1.54) is 19.1 Å². The van der Waals surface area contributed by atoms with E-state index in [0.717, 1.165) is 0 Å². The summed E-state index contributed by atoms with van der Waals surface area (Å²) in [5.74, 6) is 0.477. The Balaban J connectivity index is 1.81. The molecule has 0 bridgehead atoms. The number of hydrogen-bond donors (Lipinski definition) is 1. The number of nitrogens with one attached hydrogen (secondary N) is 1. The van der Waals surface area contributed by atoms with Crippen LogP contribution < -0.4 is 9.46 Å². The third kappa shape index (κ3) is 6.21. The van der Waals surface area contributed by atoms with Crippen LogP contribution in [0.1, 0.15) is 27.2 Å². The fourth-order valence-electron chi connectivity index (χ4n) is 2.77. The van der Waals surface area contributed by atoms with Gasteiger partial charge in [-0.2, -0.15) is 0 Å². The number of piperazine rings is 1. The molecule has 1 fully saturated rings. The van der Waals surface area contributed by atoms with Crippen LogP contribution >= 0.6 is 0 Å². The molecule has 27 heavy (non-hydrogen) atoms. The fraction of sp³-hybridized carbons (Fsp3) is 0.556. The van der Waals surface area contributed by atoms with Crippen LogP contribution in [0.15, 0.2) is 29.2 Å². The minimum absolute atomic E-state index is 0.000304. The fourth-order valence-corrected chi connectivity index (χ4v) is 3.81.